The molecular weight excluding hydrogens is 332 g/mol. The second-order valence-corrected chi connectivity index (χ2v) is 6.97. The minimum absolute atomic E-state index is 0.112. The van der Waals surface area contributed by atoms with Gasteiger partial charge < -0.3 is 25.2 Å². The van der Waals surface area contributed by atoms with E-state index in [0.717, 1.165) is 45.0 Å². The molecule has 2 saturated heterocycles. The molecule has 1 aromatic carbocycles. The van der Waals surface area contributed by atoms with Gasteiger partial charge in [0.05, 0.1) is 26.2 Å². The SMILES string of the molecule is O=C(NCCC(=O)N1CC[NH+](C[C@@H]2CCCO2)CC1)Nc1ccccc1. The van der Waals surface area contributed by atoms with Crippen molar-refractivity contribution < 1.29 is 19.2 Å². The van der Waals surface area contributed by atoms with E-state index in [4.69, 9.17) is 4.74 Å². The van der Waals surface area contributed by atoms with E-state index in [0.29, 0.717) is 19.1 Å². The van der Waals surface area contributed by atoms with Crippen LogP contribution in [-0.2, 0) is 9.53 Å². The highest BCUT2D eigenvalue weighted by Crippen LogP contribution is 2.09. The molecule has 3 amide bonds. The summed E-state index contributed by atoms with van der Waals surface area (Å²) in [5.41, 5.74) is 0.738. The monoisotopic (exact) mass is 361 g/mol. The van der Waals surface area contributed by atoms with Crippen LogP contribution in [0.1, 0.15) is 19.3 Å². The summed E-state index contributed by atoms with van der Waals surface area (Å²) >= 11 is 0. The zero-order valence-corrected chi connectivity index (χ0v) is 15.2. The number of benzene rings is 1. The van der Waals surface area contributed by atoms with Gasteiger partial charge in [-0.05, 0) is 25.0 Å². The van der Waals surface area contributed by atoms with Crippen molar-refractivity contribution in [2.75, 3.05) is 51.2 Å². The number of quaternary nitrogens is 1. The molecule has 2 aliphatic heterocycles. The summed E-state index contributed by atoms with van der Waals surface area (Å²) in [4.78, 5) is 27.6. The van der Waals surface area contributed by atoms with Crippen molar-refractivity contribution in [1.29, 1.82) is 0 Å². The lowest BCUT2D eigenvalue weighted by molar-refractivity contribution is -0.906. The predicted octanol–water partition coefficient (Wildman–Crippen LogP) is 0.104. The van der Waals surface area contributed by atoms with Crippen molar-refractivity contribution in [3.05, 3.63) is 30.3 Å². The minimum Gasteiger partial charge on any atom is -0.372 e. The smallest absolute Gasteiger partial charge is 0.319 e. The largest absolute Gasteiger partial charge is 0.372 e. The van der Waals surface area contributed by atoms with Crippen molar-refractivity contribution in [3.8, 4) is 0 Å². The highest BCUT2D eigenvalue weighted by molar-refractivity contribution is 5.89. The minimum atomic E-state index is -0.283. The van der Waals surface area contributed by atoms with Crippen molar-refractivity contribution in [2.45, 2.75) is 25.4 Å². The molecule has 7 nitrogen and oxygen atoms in total. The molecule has 3 N–H and O–H groups in total. The number of piperazine rings is 1. The maximum absolute atomic E-state index is 12.3. The molecule has 142 valence electrons. The van der Waals surface area contributed by atoms with Gasteiger partial charge in [-0.1, -0.05) is 18.2 Å². The number of carbonyl (C=O) groups excluding carboxylic acids is 2. The average Bonchev–Trinajstić information content (AvgIpc) is 3.16. The van der Waals surface area contributed by atoms with Gasteiger partial charge in [-0.15, -0.1) is 0 Å². The Hall–Kier alpha value is -2.12. The molecule has 2 heterocycles. The van der Waals surface area contributed by atoms with Gasteiger partial charge in [0.1, 0.15) is 12.6 Å². The standard InChI is InChI=1S/C19H28N4O3/c24-18(8-9-20-19(25)21-16-5-2-1-3-6-16)23-12-10-22(11-13-23)15-17-7-4-14-26-17/h1-3,5-6,17H,4,7-15H2,(H2,20,21,25)/p+1/t17-/m0/s1. The topological polar surface area (TPSA) is 75.1 Å². The quantitative estimate of drug-likeness (QED) is 0.673. The van der Waals surface area contributed by atoms with E-state index in [1.54, 1.807) is 0 Å². The van der Waals surface area contributed by atoms with E-state index in [1.807, 2.05) is 35.2 Å². The summed E-state index contributed by atoms with van der Waals surface area (Å²) in [6.07, 6.45) is 3.08. The Morgan fingerprint density at radius 2 is 1.96 bits per heavy atom. The Morgan fingerprint density at radius 3 is 2.65 bits per heavy atom. The number of amides is 3. The second kappa shape index (κ2) is 9.54. The zero-order chi connectivity index (χ0) is 18.2. The number of para-hydroxylation sites is 1. The first-order valence-electron chi connectivity index (χ1n) is 9.53. The first-order chi connectivity index (χ1) is 12.7. The van der Waals surface area contributed by atoms with Crippen LogP contribution in [0.5, 0.6) is 0 Å². The van der Waals surface area contributed by atoms with Crippen LogP contribution in [0.4, 0.5) is 10.5 Å². The first kappa shape index (κ1) is 18.7. The molecule has 0 aromatic heterocycles. The maximum Gasteiger partial charge on any atom is 0.319 e. The summed E-state index contributed by atoms with van der Waals surface area (Å²) in [7, 11) is 0. The number of hydrogen-bond acceptors (Lipinski definition) is 3. The lowest BCUT2D eigenvalue weighted by Crippen LogP contribution is -3.15. The molecule has 1 aromatic rings. The summed E-state index contributed by atoms with van der Waals surface area (Å²) in [6, 6.07) is 8.98. The Morgan fingerprint density at radius 1 is 1.19 bits per heavy atom. The fourth-order valence-electron chi connectivity index (χ4n) is 3.54. The van der Waals surface area contributed by atoms with Crippen LogP contribution < -0.4 is 15.5 Å². The Labute approximate surface area is 154 Å². The number of hydrogen-bond donors (Lipinski definition) is 3. The molecule has 3 rings (SSSR count). The Balaban J connectivity index is 1.29. The third-order valence-electron chi connectivity index (χ3n) is 5.02. The van der Waals surface area contributed by atoms with Gasteiger partial charge in [0.25, 0.3) is 0 Å². The van der Waals surface area contributed by atoms with Gasteiger partial charge >= 0.3 is 6.03 Å². The van der Waals surface area contributed by atoms with Crippen LogP contribution in [0.3, 0.4) is 0 Å². The molecule has 0 spiro atoms. The fraction of sp³-hybridized carbons (Fsp3) is 0.579. The van der Waals surface area contributed by atoms with Gasteiger partial charge in [-0.3, -0.25) is 4.79 Å². The van der Waals surface area contributed by atoms with Crippen LogP contribution in [0.15, 0.2) is 30.3 Å². The van der Waals surface area contributed by atoms with Gasteiger partial charge in [0, 0.05) is 25.3 Å². The number of nitrogens with one attached hydrogen (secondary N) is 3. The van der Waals surface area contributed by atoms with Crippen molar-refractivity contribution >= 4 is 17.6 Å². The van der Waals surface area contributed by atoms with Crippen molar-refractivity contribution in [2.24, 2.45) is 0 Å². The molecular formula is C19H29N4O3+. The van der Waals surface area contributed by atoms with E-state index in [2.05, 4.69) is 10.6 Å². The third-order valence-corrected chi connectivity index (χ3v) is 5.02. The molecule has 1 atom stereocenters. The number of urea groups is 1. The van der Waals surface area contributed by atoms with Crippen molar-refractivity contribution in [3.63, 3.8) is 0 Å². The summed E-state index contributed by atoms with van der Waals surface area (Å²) in [5.74, 6) is 0.112. The highest BCUT2D eigenvalue weighted by atomic mass is 16.5. The summed E-state index contributed by atoms with van der Waals surface area (Å²) in [6.45, 7) is 5.84. The first-order valence-corrected chi connectivity index (χ1v) is 9.53. The van der Waals surface area contributed by atoms with Crippen LogP contribution in [0.25, 0.3) is 0 Å². The third kappa shape index (κ3) is 5.71. The van der Waals surface area contributed by atoms with Crippen molar-refractivity contribution in [1.82, 2.24) is 10.2 Å². The van der Waals surface area contributed by atoms with Gasteiger partial charge in [-0.25, -0.2) is 4.79 Å². The number of anilines is 1. The maximum atomic E-state index is 12.3. The van der Waals surface area contributed by atoms with E-state index in [-0.39, 0.29) is 11.9 Å². The van der Waals surface area contributed by atoms with Crippen LogP contribution in [0, 0.1) is 0 Å². The molecule has 7 heteroatoms. The summed E-state index contributed by atoms with van der Waals surface area (Å²) < 4.78 is 5.70. The fourth-order valence-corrected chi connectivity index (χ4v) is 3.54. The van der Waals surface area contributed by atoms with Crippen LogP contribution in [-0.4, -0.2) is 68.8 Å². The molecule has 0 radical (unpaired) electrons. The summed E-state index contributed by atoms with van der Waals surface area (Å²) in [5, 5.41) is 5.48. The zero-order valence-electron chi connectivity index (χ0n) is 15.2. The second-order valence-electron chi connectivity index (χ2n) is 6.97. The van der Waals surface area contributed by atoms with E-state index in [9.17, 15) is 9.59 Å². The number of ether oxygens (including phenoxy) is 1. The Bertz CT molecular complexity index is 582. The predicted molar refractivity (Wildman–Crippen MR) is 99.2 cm³/mol. The van der Waals surface area contributed by atoms with E-state index < -0.39 is 0 Å². The lowest BCUT2D eigenvalue weighted by atomic mass is 10.2. The number of rotatable bonds is 6. The molecule has 2 aliphatic rings. The van der Waals surface area contributed by atoms with Gasteiger partial charge in [0.2, 0.25) is 5.91 Å². The molecule has 26 heavy (non-hydrogen) atoms. The molecule has 0 unspecified atom stereocenters. The van der Waals surface area contributed by atoms with Crippen LogP contribution in [0.2, 0.25) is 0 Å². The highest BCUT2D eigenvalue weighted by Gasteiger charge is 2.27. The molecule has 0 bridgehead atoms. The molecule has 0 saturated carbocycles. The number of nitrogens with zero attached hydrogens (tertiary/aromatic N) is 1. The van der Waals surface area contributed by atoms with E-state index >= 15 is 0 Å². The molecule has 0 aliphatic carbocycles. The normalized spacial score (nSPS) is 20.8. The van der Waals surface area contributed by atoms with Gasteiger partial charge in [-0.2, -0.15) is 0 Å². The Kier molecular flexibility index (Phi) is 6.85. The molecule has 2 fully saturated rings. The number of carbonyl (C=O) groups is 2. The lowest BCUT2D eigenvalue weighted by Gasteiger charge is -2.33. The van der Waals surface area contributed by atoms with Gasteiger partial charge in [0.15, 0.2) is 0 Å². The van der Waals surface area contributed by atoms with E-state index in [1.165, 1.54) is 17.7 Å². The average molecular weight is 361 g/mol. The van der Waals surface area contributed by atoms with Crippen LogP contribution >= 0.6 is 0 Å².